The summed E-state index contributed by atoms with van der Waals surface area (Å²) in [6.45, 7) is 10.5. The van der Waals surface area contributed by atoms with Crippen molar-refractivity contribution in [1.82, 2.24) is 4.57 Å². The van der Waals surface area contributed by atoms with Crippen LogP contribution in [0.2, 0.25) is 0 Å². The van der Waals surface area contributed by atoms with E-state index in [1.54, 1.807) is 0 Å². The Hall–Kier alpha value is -3.56. The Labute approximate surface area is 353 Å². The van der Waals surface area contributed by atoms with E-state index in [4.69, 9.17) is 9.47 Å². The van der Waals surface area contributed by atoms with Gasteiger partial charge in [0.1, 0.15) is 0 Å². The van der Waals surface area contributed by atoms with Gasteiger partial charge in [-0.1, -0.05) is 115 Å². The lowest BCUT2D eigenvalue weighted by atomic mass is 9.96. The number of ether oxygens (including phenoxy) is 2. The SMILES string of the molecule is CCCCCCc1cc(-c2sc(-c3cc4sc(C5OCC(C)(C)CO5)cc4s3)cc2CCCCCC)sc1-c1ccc(-n2c3ccccc3c3ccccc32)cc1. The van der Waals surface area contributed by atoms with Gasteiger partial charge in [0.15, 0.2) is 6.29 Å². The van der Waals surface area contributed by atoms with Crippen LogP contribution < -0.4 is 0 Å². The van der Waals surface area contributed by atoms with E-state index < -0.39 is 0 Å². The lowest BCUT2D eigenvalue weighted by Gasteiger charge is -2.34. The predicted octanol–water partition coefficient (Wildman–Crippen LogP) is 16.5. The first-order valence-electron chi connectivity index (χ1n) is 21.0. The minimum Gasteiger partial charge on any atom is -0.347 e. The summed E-state index contributed by atoms with van der Waals surface area (Å²) in [5.41, 5.74) is 8.13. The molecule has 294 valence electrons. The van der Waals surface area contributed by atoms with Crippen LogP contribution >= 0.6 is 45.3 Å². The Bertz CT molecular complexity index is 2520. The van der Waals surface area contributed by atoms with Gasteiger partial charge < -0.3 is 14.0 Å². The highest BCUT2D eigenvalue weighted by molar-refractivity contribution is 7.32. The molecule has 0 bridgehead atoms. The van der Waals surface area contributed by atoms with E-state index in [-0.39, 0.29) is 11.7 Å². The highest BCUT2D eigenvalue weighted by Crippen LogP contribution is 2.49. The summed E-state index contributed by atoms with van der Waals surface area (Å²) in [5, 5.41) is 2.60. The molecule has 0 spiro atoms. The molecule has 0 saturated carbocycles. The van der Waals surface area contributed by atoms with Crippen LogP contribution in [-0.4, -0.2) is 17.8 Å². The smallest absolute Gasteiger partial charge is 0.193 e. The monoisotopic (exact) mass is 827 g/mol. The first-order chi connectivity index (χ1) is 27.9. The molecule has 0 N–H and O–H groups in total. The van der Waals surface area contributed by atoms with Crippen molar-refractivity contribution in [1.29, 1.82) is 0 Å². The number of para-hydroxylation sites is 2. The van der Waals surface area contributed by atoms with Crippen LogP contribution in [0.4, 0.5) is 0 Å². The van der Waals surface area contributed by atoms with Gasteiger partial charge in [-0.2, -0.15) is 0 Å². The maximum Gasteiger partial charge on any atom is 0.193 e. The molecule has 1 aliphatic rings. The quantitative estimate of drug-likeness (QED) is 0.0961. The van der Waals surface area contributed by atoms with Gasteiger partial charge in [-0.15, -0.1) is 45.3 Å². The van der Waals surface area contributed by atoms with Crippen LogP contribution in [0, 0.1) is 5.41 Å². The lowest BCUT2D eigenvalue weighted by molar-refractivity contribution is -0.224. The molecule has 7 heteroatoms. The number of hydrogen-bond donors (Lipinski definition) is 0. The third-order valence-electron chi connectivity index (χ3n) is 11.4. The maximum atomic E-state index is 6.14. The Kier molecular flexibility index (Phi) is 11.6. The van der Waals surface area contributed by atoms with Crippen LogP contribution in [0.1, 0.15) is 101 Å². The molecular weight excluding hydrogens is 775 g/mol. The van der Waals surface area contributed by atoms with Gasteiger partial charge >= 0.3 is 0 Å². The average Bonchev–Trinajstić information content (AvgIpc) is 4.05. The summed E-state index contributed by atoms with van der Waals surface area (Å²) in [4.78, 5) is 8.28. The lowest BCUT2D eigenvalue weighted by Crippen LogP contribution is -2.33. The van der Waals surface area contributed by atoms with Gasteiger partial charge in [0.05, 0.1) is 29.1 Å². The second kappa shape index (κ2) is 17.0. The summed E-state index contributed by atoms with van der Waals surface area (Å²) < 4.78 is 17.4. The molecule has 1 saturated heterocycles. The zero-order chi connectivity index (χ0) is 38.9. The van der Waals surface area contributed by atoms with Crippen LogP contribution in [0.3, 0.4) is 0 Å². The second-order valence-electron chi connectivity index (χ2n) is 16.6. The van der Waals surface area contributed by atoms with Crippen LogP contribution in [-0.2, 0) is 22.3 Å². The van der Waals surface area contributed by atoms with Crippen molar-refractivity contribution in [2.45, 2.75) is 98.2 Å². The normalized spacial score (nSPS) is 14.8. The number of fused-ring (bicyclic) bond motifs is 4. The van der Waals surface area contributed by atoms with E-state index in [0.717, 1.165) is 26.1 Å². The average molecular weight is 828 g/mol. The first kappa shape index (κ1) is 38.9. The third kappa shape index (κ3) is 8.09. The highest BCUT2D eigenvalue weighted by Gasteiger charge is 2.30. The Morgan fingerprint density at radius 1 is 0.579 bits per heavy atom. The van der Waals surface area contributed by atoms with E-state index in [1.807, 2.05) is 45.3 Å². The fraction of sp³-hybridized carbons (Fsp3) is 0.360. The van der Waals surface area contributed by atoms with E-state index in [1.165, 1.54) is 134 Å². The van der Waals surface area contributed by atoms with E-state index in [2.05, 4.69) is 129 Å². The molecule has 5 aromatic heterocycles. The minimum atomic E-state index is -0.247. The van der Waals surface area contributed by atoms with Crippen molar-refractivity contribution in [3.8, 4) is 35.6 Å². The molecule has 0 unspecified atom stereocenters. The zero-order valence-corrected chi connectivity index (χ0v) is 37.0. The van der Waals surface area contributed by atoms with Crippen molar-refractivity contribution >= 4 is 76.6 Å². The molecule has 1 aliphatic heterocycles. The second-order valence-corrected chi connectivity index (χ2v) is 20.9. The molecule has 3 nitrogen and oxygen atoms in total. The molecule has 8 aromatic rings. The molecule has 6 heterocycles. The molecule has 1 fully saturated rings. The Balaban J connectivity index is 1.05. The van der Waals surface area contributed by atoms with Crippen molar-refractivity contribution in [2.75, 3.05) is 13.2 Å². The van der Waals surface area contributed by atoms with Crippen molar-refractivity contribution in [3.05, 3.63) is 113 Å². The zero-order valence-electron chi connectivity index (χ0n) is 33.7. The number of aryl methyl sites for hydroxylation is 2. The third-order valence-corrected chi connectivity index (χ3v) is 16.5. The minimum absolute atomic E-state index is 0.0710. The van der Waals surface area contributed by atoms with Crippen LogP contribution in [0.25, 0.3) is 66.8 Å². The van der Waals surface area contributed by atoms with E-state index >= 15 is 0 Å². The van der Waals surface area contributed by atoms with Crippen molar-refractivity contribution in [3.63, 3.8) is 0 Å². The Morgan fingerprint density at radius 3 is 1.77 bits per heavy atom. The number of hydrogen-bond acceptors (Lipinski definition) is 6. The molecule has 0 atom stereocenters. The van der Waals surface area contributed by atoms with Gasteiger partial charge in [0.2, 0.25) is 0 Å². The summed E-state index contributed by atoms with van der Waals surface area (Å²) >= 11 is 7.76. The maximum absolute atomic E-state index is 6.14. The number of nitrogens with zero attached hydrogens (tertiary/aromatic N) is 1. The standard InChI is InChI=1S/C50H53NO2S4/c1-5-7-9-11-17-34-28-45(57-47(34)33-23-25-36(26-24-33)51-39-21-15-13-19-37(39)38-20-14-16-22-40(38)51)48-35(18-12-10-8-6-2)27-41(56-48)42-29-43-44(54-42)30-46(55-43)49-52-31-50(3,4)32-53-49/h13-16,19-30,49H,5-12,17-18,31-32H2,1-4H3. The number of unbranched alkanes of at least 4 members (excludes halogenated alkanes) is 6. The topological polar surface area (TPSA) is 23.4 Å². The molecule has 0 amide bonds. The first-order valence-corrected chi connectivity index (χ1v) is 24.3. The van der Waals surface area contributed by atoms with Gasteiger partial charge in [-0.3, -0.25) is 0 Å². The summed E-state index contributed by atoms with van der Waals surface area (Å²) in [7, 11) is 0. The summed E-state index contributed by atoms with van der Waals surface area (Å²) in [6, 6.07) is 36.8. The van der Waals surface area contributed by atoms with E-state index in [9.17, 15) is 0 Å². The number of thiophene rings is 4. The highest BCUT2D eigenvalue weighted by atomic mass is 32.1. The number of benzene rings is 3. The van der Waals surface area contributed by atoms with Crippen molar-refractivity contribution < 1.29 is 9.47 Å². The summed E-state index contributed by atoms with van der Waals surface area (Å²) in [5.74, 6) is 0. The number of rotatable bonds is 15. The fourth-order valence-electron chi connectivity index (χ4n) is 8.31. The number of aromatic nitrogens is 1. The van der Waals surface area contributed by atoms with Crippen molar-refractivity contribution in [2.24, 2.45) is 5.41 Å². The van der Waals surface area contributed by atoms with E-state index in [0.29, 0.717) is 0 Å². The largest absolute Gasteiger partial charge is 0.347 e. The molecule has 3 aromatic carbocycles. The fourth-order valence-corrected chi connectivity index (χ4v) is 13.4. The van der Waals surface area contributed by atoms with Gasteiger partial charge in [0.25, 0.3) is 0 Å². The Morgan fingerprint density at radius 2 is 1.14 bits per heavy atom. The van der Waals surface area contributed by atoms with Crippen LogP contribution in [0.5, 0.6) is 0 Å². The van der Waals surface area contributed by atoms with Crippen LogP contribution in [0.15, 0.2) is 97.1 Å². The summed E-state index contributed by atoms with van der Waals surface area (Å²) in [6.07, 6.45) is 12.2. The van der Waals surface area contributed by atoms with Gasteiger partial charge in [-0.25, -0.2) is 0 Å². The molecule has 0 aliphatic carbocycles. The predicted molar refractivity (Wildman–Crippen MR) is 250 cm³/mol. The van der Waals surface area contributed by atoms with Gasteiger partial charge in [0, 0.05) is 55.7 Å². The molecule has 9 rings (SSSR count). The van der Waals surface area contributed by atoms with Gasteiger partial charge in [-0.05, 0) is 90.9 Å². The molecule has 57 heavy (non-hydrogen) atoms. The molecule has 0 radical (unpaired) electrons. The molecular formula is C50H53NO2S4.